The van der Waals surface area contributed by atoms with Gasteiger partial charge in [0, 0.05) is 22.5 Å². The molecule has 0 saturated heterocycles. The summed E-state index contributed by atoms with van der Waals surface area (Å²) in [5, 5.41) is 9.84. The minimum Gasteiger partial charge on any atom is -0.212 e. The second-order valence-electron chi connectivity index (χ2n) is 14.1. The minimum absolute atomic E-state index is 0.00969. The van der Waals surface area contributed by atoms with E-state index in [9.17, 15) is 5.26 Å². The standard InChI is InChI=1S/C47H38N4/c48-31-32-21-26-40-42(29-32)47(27-9-4-10-28-47)41-20-12-19-39(43(40)41)37-17-11-18-38(30-37)46-50-44(35-15-7-3-8-16-35)49-45(51-46)36-24-22-34(23-25-36)33-13-5-1-2-6-14-33/h1-3,5-8,11-13,15-26,29,38H,4,9-10,14,27-28,30H2. The van der Waals surface area contributed by atoms with E-state index in [0.717, 1.165) is 48.2 Å². The first-order valence-corrected chi connectivity index (χ1v) is 18.2. The van der Waals surface area contributed by atoms with Crippen molar-refractivity contribution < 1.29 is 0 Å². The van der Waals surface area contributed by atoms with Crippen molar-refractivity contribution in [2.75, 3.05) is 0 Å². The number of fused-ring (bicyclic) bond motifs is 5. The molecule has 4 nitrogen and oxygen atoms in total. The van der Waals surface area contributed by atoms with Crippen molar-refractivity contribution in [2.24, 2.45) is 0 Å². The van der Waals surface area contributed by atoms with Crippen LogP contribution in [0.15, 0.2) is 140 Å². The van der Waals surface area contributed by atoms with E-state index in [-0.39, 0.29) is 11.3 Å². The molecule has 1 heterocycles. The number of allylic oxidation sites excluding steroid dienone is 10. The number of hydrogen-bond donors (Lipinski definition) is 0. The number of aromatic nitrogens is 3. The second-order valence-corrected chi connectivity index (χ2v) is 14.1. The van der Waals surface area contributed by atoms with Gasteiger partial charge in [0.15, 0.2) is 11.6 Å². The summed E-state index contributed by atoms with van der Waals surface area (Å²) in [4.78, 5) is 15.3. The predicted octanol–water partition coefficient (Wildman–Crippen LogP) is 11.3. The Labute approximate surface area is 300 Å². The summed E-state index contributed by atoms with van der Waals surface area (Å²) in [7, 11) is 0. The Morgan fingerprint density at radius 1 is 0.627 bits per heavy atom. The van der Waals surface area contributed by atoms with Crippen LogP contribution in [-0.4, -0.2) is 15.0 Å². The molecule has 4 aliphatic rings. The molecule has 1 unspecified atom stereocenters. The van der Waals surface area contributed by atoms with Crippen LogP contribution in [0.25, 0.3) is 45.0 Å². The van der Waals surface area contributed by atoms with Crippen molar-refractivity contribution in [1.82, 2.24) is 15.0 Å². The van der Waals surface area contributed by atoms with Crippen molar-refractivity contribution in [2.45, 2.75) is 56.3 Å². The summed E-state index contributed by atoms with van der Waals surface area (Å²) in [5.41, 5.74) is 13.1. The number of benzene rings is 4. The third-order valence-corrected chi connectivity index (χ3v) is 11.2. The largest absolute Gasteiger partial charge is 0.212 e. The van der Waals surface area contributed by atoms with Crippen LogP contribution in [0.2, 0.25) is 0 Å². The van der Waals surface area contributed by atoms with Crippen LogP contribution in [0.4, 0.5) is 0 Å². The van der Waals surface area contributed by atoms with Crippen LogP contribution in [0, 0.1) is 11.3 Å². The van der Waals surface area contributed by atoms with Gasteiger partial charge in [-0.3, -0.25) is 0 Å². The van der Waals surface area contributed by atoms with E-state index in [2.05, 4.69) is 121 Å². The zero-order valence-electron chi connectivity index (χ0n) is 28.6. The van der Waals surface area contributed by atoms with Crippen LogP contribution in [0.3, 0.4) is 0 Å². The maximum absolute atomic E-state index is 9.84. The van der Waals surface area contributed by atoms with Gasteiger partial charge in [-0.1, -0.05) is 147 Å². The first-order valence-electron chi connectivity index (χ1n) is 18.2. The summed E-state index contributed by atoms with van der Waals surface area (Å²) >= 11 is 0. The first kappa shape index (κ1) is 31.1. The highest BCUT2D eigenvalue weighted by Crippen LogP contribution is 2.58. The van der Waals surface area contributed by atoms with E-state index in [4.69, 9.17) is 15.0 Å². The van der Waals surface area contributed by atoms with E-state index in [1.807, 2.05) is 24.3 Å². The average Bonchev–Trinajstić information content (AvgIpc) is 3.34. The molecule has 1 atom stereocenters. The molecule has 0 radical (unpaired) electrons. The van der Waals surface area contributed by atoms with E-state index in [0.29, 0.717) is 11.6 Å². The second kappa shape index (κ2) is 13.1. The van der Waals surface area contributed by atoms with Gasteiger partial charge >= 0.3 is 0 Å². The van der Waals surface area contributed by atoms with Crippen molar-refractivity contribution in [1.29, 1.82) is 5.26 Å². The van der Waals surface area contributed by atoms with Crippen molar-refractivity contribution in [3.8, 4) is 40.0 Å². The molecule has 1 spiro atoms. The van der Waals surface area contributed by atoms with Crippen molar-refractivity contribution in [3.05, 3.63) is 173 Å². The Morgan fingerprint density at radius 3 is 2.20 bits per heavy atom. The molecule has 0 N–H and O–H groups in total. The molecule has 246 valence electrons. The average molecular weight is 659 g/mol. The summed E-state index contributed by atoms with van der Waals surface area (Å²) in [5.74, 6) is 2.14. The molecule has 9 rings (SSSR count). The Bertz CT molecular complexity index is 2340. The number of hydrogen-bond acceptors (Lipinski definition) is 4. The summed E-state index contributed by atoms with van der Waals surface area (Å²) in [6.07, 6.45) is 25.0. The molecule has 1 fully saturated rings. The number of nitriles is 1. The maximum Gasteiger partial charge on any atom is 0.163 e. The highest BCUT2D eigenvalue weighted by atomic mass is 15.0. The predicted molar refractivity (Wildman–Crippen MR) is 207 cm³/mol. The SMILES string of the molecule is N#Cc1ccc2c(c1)C1(CCCCC1)c1cccc(C3=CC=CC(c4nc(-c5ccccc5)nc(-c5ccc(C6=CC=CC=CC6)cc5)n4)C3)c1-2. The lowest BCUT2D eigenvalue weighted by molar-refractivity contribution is 0.353. The maximum atomic E-state index is 9.84. The molecule has 51 heavy (non-hydrogen) atoms. The van der Waals surface area contributed by atoms with Gasteiger partial charge in [-0.05, 0) is 82.3 Å². The Hall–Kier alpha value is -5.92. The zero-order chi connectivity index (χ0) is 34.2. The summed E-state index contributed by atoms with van der Waals surface area (Å²) in [6.45, 7) is 0. The summed E-state index contributed by atoms with van der Waals surface area (Å²) < 4.78 is 0. The quantitative estimate of drug-likeness (QED) is 0.188. The normalized spacial score (nSPS) is 18.4. The molecule has 5 aromatic rings. The number of rotatable bonds is 5. The van der Waals surface area contributed by atoms with Crippen LogP contribution >= 0.6 is 0 Å². The highest BCUT2D eigenvalue weighted by molar-refractivity contribution is 5.91. The van der Waals surface area contributed by atoms with Gasteiger partial charge in [-0.2, -0.15) is 5.26 Å². The first-order chi connectivity index (χ1) is 25.2. The van der Waals surface area contributed by atoms with Gasteiger partial charge in [0.1, 0.15) is 5.82 Å². The van der Waals surface area contributed by atoms with E-state index >= 15 is 0 Å². The van der Waals surface area contributed by atoms with E-state index in [1.165, 1.54) is 63.8 Å². The lowest BCUT2D eigenvalue weighted by Gasteiger charge is -2.36. The fraction of sp³-hybridized carbons (Fsp3) is 0.191. The van der Waals surface area contributed by atoms with Crippen LogP contribution in [-0.2, 0) is 5.41 Å². The fourth-order valence-electron chi connectivity index (χ4n) is 8.66. The lowest BCUT2D eigenvalue weighted by atomic mass is 9.67. The molecule has 4 heteroatoms. The van der Waals surface area contributed by atoms with Gasteiger partial charge in [-0.25, -0.2) is 15.0 Å². The van der Waals surface area contributed by atoms with Crippen LogP contribution in [0.5, 0.6) is 0 Å². The Morgan fingerprint density at radius 2 is 1.39 bits per heavy atom. The van der Waals surface area contributed by atoms with Gasteiger partial charge < -0.3 is 0 Å². The van der Waals surface area contributed by atoms with Crippen molar-refractivity contribution >= 4 is 11.1 Å². The zero-order valence-corrected chi connectivity index (χ0v) is 28.6. The highest BCUT2D eigenvalue weighted by Gasteiger charge is 2.45. The molecular formula is C47H38N4. The molecule has 0 amide bonds. The third kappa shape index (κ3) is 5.60. The fourth-order valence-corrected chi connectivity index (χ4v) is 8.66. The summed E-state index contributed by atoms with van der Waals surface area (Å²) in [6, 6.07) is 34.5. The molecule has 1 aromatic heterocycles. The smallest absolute Gasteiger partial charge is 0.163 e. The van der Waals surface area contributed by atoms with Gasteiger partial charge in [0.25, 0.3) is 0 Å². The van der Waals surface area contributed by atoms with Crippen LogP contribution < -0.4 is 0 Å². The van der Waals surface area contributed by atoms with Gasteiger partial charge in [0.05, 0.1) is 11.6 Å². The molecular weight excluding hydrogens is 621 g/mol. The molecule has 4 aliphatic carbocycles. The Balaban J connectivity index is 1.10. The van der Waals surface area contributed by atoms with Crippen molar-refractivity contribution in [3.63, 3.8) is 0 Å². The lowest BCUT2D eigenvalue weighted by Crippen LogP contribution is -2.28. The molecule has 0 bridgehead atoms. The molecule has 4 aromatic carbocycles. The van der Waals surface area contributed by atoms with Gasteiger partial charge in [-0.15, -0.1) is 0 Å². The van der Waals surface area contributed by atoms with Gasteiger partial charge in [0.2, 0.25) is 0 Å². The van der Waals surface area contributed by atoms with Crippen LogP contribution in [0.1, 0.15) is 84.5 Å². The molecule has 0 aliphatic heterocycles. The molecule has 1 saturated carbocycles. The topological polar surface area (TPSA) is 62.5 Å². The minimum atomic E-state index is -0.0142. The van der Waals surface area contributed by atoms with E-state index in [1.54, 1.807) is 0 Å². The Kier molecular flexibility index (Phi) is 7.97. The number of nitrogens with zero attached hydrogens (tertiary/aromatic N) is 4. The monoisotopic (exact) mass is 658 g/mol. The van der Waals surface area contributed by atoms with E-state index < -0.39 is 0 Å². The third-order valence-electron chi connectivity index (χ3n) is 11.2.